The van der Waals surface area contributed by atoms with Crippen molar-refractivity contribution in [2.75, 3.05) is 0 Å². The molecule has 225 valence electrons. The summed E-state index contributed by atoms with van der Waals surface area (Å²) >= 11 is 0. The van der Waals surface area contributed by atoms with Gasteiger partial charge in [0.1, 0.15) is 0 Å². The first kappa shape index (κ1) is 1380. The van der Waals surface area contributed by atoms with E-state index in [1.807, 2.05) is 0 Å². The van der Waals surface area contributed by atoms with Crippen molar-refractivity contribution in [2.45, 2.75) is 0 Å². The van der Waals surface area contributed by atoms with Gasteiger partial charge in [-0.3, -0.25) is 0 Å². The van der Waals surface area contributed by atoms with Crippen LogP contribution in [0.25, 0.3) is 0 Å². The van der Waals surface area contributed by atoms with Gasteiger partial charge < -0.3 is 110 Å². The van der Waals surface area contributed by atoms with Gasteiger partial charge in [0.25, 0.3) is 0 Å². The SMILES string of the molecule is [Fe+3].[Fe+3].[Fe+3].[Fe+3].[Fe+3].[Fe+3].[Fe+3].[Fe+3].[Fe+3].[Fe+3].[Mn+2].[Mn+2].[Mn+2].[O-2].[O-2].[O-2].[O-2].[O-2].[O-2].[O-2].[O-2].[O-2].[O-2].[O-2].[O-2].[O-2].[O-2].[O-2].[O-2].[O-2].[O-2].[O-2].[O-2].[Zn+2].[Zn+2]. The maximum absolute atomic E-state index is 0. The van der Waals surface area contributed by atoms with Crippen molar-refractivity contribution < 1.29 is 370 Å². The van der Waals surface area contributed by atoms with Crippen molar-refractivity contribution in [1.82, 2.24) is 0 Å². The predicted octanol–water partition coefficient (Wildman–Crippen LogP) is -2.41. The number of rotatable bonds is 0. The van der Waals surface area contributed by atoms with Gasteiger partial charge in [-0.2, -0.15) is 0 Å². The summed E-state index contributed by atoms with van der Waals surface area (Å²) in [6, 6.07) is 0. The summed E-state index contributed by atoms with van der Waals surface area (Å²) in [5, 5.41) is 0. The average molecular weight is 1170 g/mol. The fourth-order valence-electron chi connectivity index (χ4n) is 0. The fourth-order valence-corrected chi connectivity index (χ4v) is 0. The van der Waals surface area contributed by atoms with Crippen LogP contribution in [0.5, 0.6) is 0 Å². The topological polar surface area (TPSA) is 570 Å². The van der Waals surface area contributed by atoms with Crippen LogP contribution < -0.4 is 0 Å². The van der Waals surface area contributed by atoms with Gasteiger partial charge in [0.2, 0.25) is 0 Å². The largest absolute Gasteiger partial charge is 3.00 e. The molecule has 0 aromatic heterocycles. The second-order valence-corrected chi connectivity index (χ2v) is 0. The van der Waals surface area contributed by atoms with E-state index in [0.29, 0.717) is 0 Å². The minimum atomic E-state index is 0. The predicted molar refractivity (Wildman–Crippen MR) is 13.7 cm³/mol. The molecule has 35 heavy (non-hydrogen) atoms. The molecule has 0 aromatic carbocycles. The molecule has 0 spiro atoms. The Balaban J connectivity index is 0. The van der Waals surface area contributed by atoms with Gasteiger partial charge in [-0.25, -0.2) is 0 Å². The molecule has 0 aliphatic carbocycles. The summed E-state index contributed by atoms with van der Waals surface area (Å²) < 4.78 is 0. The van der Waals surface area contributed by atoms with Crippen LogP contribution in [0.1, 0.15) is 0 Å². The zero-order chi connectivity index (χ0) is 0. The van der Waals surface area contributed by atoms with E-state index < -0.39 is 0 Å². The second kappa shape index (κ2) is 1280. The molecule has 0 amide bonds. The van der Waals surface area contributed by atoms with Gasteiger partial charge in [0.05, 0.1) is 0 Å². The van der Waals surface area contributed by atoms with Crippen molar-refractivity contribution in [2.24, 2.45) is 0 Å². The standard InChI is InChI=1S/10Fe.3Mn.20O.2Zn/q10*+3;3*+2;20*-2;2*+2. The Hall–Kier alpha value is 7.20. The molecule has 20 nitrogen and oxygen atoms in total. The van der Waals surface area contributed by atoms with Gasteiger partial charge in [-0.05, 0) is 0 Å². The Morgan fingerprint density at radius 3 is 0.114 bits per heavy atom. The monoisotopic (exact) mass is 1170 g/mol. The van der Waals surface area contributed by atoms with Crippen molar-refractivity contribution >= 4 is 0 Å². The smallest absolute Gasteiger partial charge is 2.00 e. The molecule has 0 aromatic rings. The Morgan fingerprint density at radius 2 is 0.114 bits per heavy atom. The summed E-state index contributed by atoms with van der Waals surface area (Å²) in [6.07, 6.45) is 0. The first-order valence-electron chi connectivity index (χ1n) is 0. The Morgan fingerprint density at radius 1 is 0.114 bits per heavy atom. The van der Waals surface area contributed by atoms with Crippen LogP contribution in [0, 0.1) is 0 Å². The molecule has 0 atom stereocenters. The van der Waals surface area contributed by atoms with Crippen LogP contribution in [0.4, 0.5) is 0 Å². The molecule has 35 heteroatoms. The second-order valence-electron chi connectivity index (χ2n) is 0. The molecule has 0 aliphatic heterocycles. The van der Waals surface area contributed by atoms with Gasteiger partial charge in [-0.1, -0.05) is 0 Å². The molecule has 0 unspecified atom stereocenters. The molecule has 0 rings (SSSR count). The molecule has 13 radical (unpaired) electrons. The molecule has 0 heterocycles. The van der Waals surface area contributed by atoms with Crippen molar-refractivity contribution in [3.63, 3.8) is 0 Å². The summed E-state index contributed by atoms with van der Waals surface area (Å²) in [4.78, 5) is 0. The Kier molecular flexibility index (Phi) is 50700. The first-order valence-corrected chi connectivity index (χ1v) is 0. The normalized spacial score (nSPS) is 0. The molecule has 0 aliphatic rings. The molecule has 0 saturated carbocycles. The van der Waals surface area contributed by atoms with E-state index in [9.17, 15) is 0 Å². The van der Waals surface area contributed by atoms with E-state index in [1.165, 1.54) is 0 Å². The van der Waals surface area contributed by atoms with E-state index in [4.69, 9.17) is 0 Å². The van der Waals surface area contributed by atoms with Gasteiger partial charge in [-0.15, -0.1) is 0 Å². The summed E-state index contributed by atoms with van der Waals surface area (Å²) in [6.45, 7) is 0. The van der Waals surface area contributed by atoms with Crippen LogP contribution in [-0.4, -0.2) is 0 Å². The van der Waals surface area contributed by atoms with Crippen molar-refractivity contribution in [3.05, 3.63) is 0 Å². The van der Waals surface area contributed by atoms with Gasteiger partial charge >= 0.3 is 261 Å². The third-order valence-corrected chi connectivity index (χ3v) is 0. The summed E-state index contributed by atoms with van der Waals surface area (Å²) in [5.74, 6) is 0. The van der Waals surface area contributed by atoms with Crippen LogP contribution >= 0.6 is 0 Å². The summed E-state index contributed by atoms with van der Waals surface area (Å²) in [5.41, 5.74) is 0. The van der Waals surface area contributed by atoms with E-state index >= 15 is 0 Å². The van der Waals surface area contributed by atoms with E-state index in [2.05, 4.69) is 0 Å². The van der Waals surface area contributed by atoms with Crippen LogP contribution in [0.3, 0.4) is 0 Å². The van der Waals surface area contributed by atoms with Crippen molar-refractivity contribution in [1.29, 1.82) is 0 Å². The van der Waals surface area contributed by atoms with E-state index in [1.54, 1.807) is 0 Å². The zero-order valence-electron chi connectivity index (χ0n) is 14.2. The number of hydrogen-bond acceptors (Lipinski definition) is 0. The van der Waals surface area contributed by atoms with Crippen LogP contribution in [-0.2, 0) is 370 Å². The number of hydrogen-bond donors (Lipinski definition) is 0. The maximum atomic E-state index is 0. The molecular formula is Fe10Mn3O20Zn2. The Labute approximate surface area is 364 Å². The zero-order valence-corrected chi connectivity index (χ0v) is 34.8. The van der Waals surface area contributed by atoms with Crippen molar-refractivity contribution in [3.8, 4) is 0 Å². The quantitative estimate of drug-likeness (QED) is 0.229. The molecule has 0 N–H and O–H groups in total. The fraction of sp³-hybridized carbons (Fsp3) is 0. The van der Waals surface area contributed by atoms with Crippen LogP contribution in [0.15, 0.2) is 0 Å². The minimum Gasteiger partial charge on any atom is -2.00 e. The average Bonchev–Trinajstić information content (AvgIpc) is 0. The third-order valence-electron chi connectivity index (χ3n) is 0. The Bertz CT molecular complexity index is 53.1. The van der Waals surface area contributed by atoms with E-state index in [0.717, 1.165) is 0 Å². The molecule has 0 saturated heterocycles. The van der Waals surface area contributed by atoms with Gasteiger partial charge in [0.15, 0.2) is 0 Å². The first-order chi connectivity index (χ1) is 0. The van der Waals surface area contributed by atoms with E-state index in [-0.39, 0.29) is 370 Å². The molecular weight excluding hydrogens is 1170 g/mol. The van der Waals surface area contributed by atoms with Gasteiger partial charge in [0, 0.05) is 0 Å². The third kappa shape index (κ3) is 1220. The minimum absolute atomic E-state index is 0. The molecule has 0 bridgehead atoms. The molecule has 0 fully saturated rings. The van der Waals surface area contributed by atoms with Crippen LogP contribution in [0.2, 0.25) is 0 Å². The maximum Gasteiger partial charge on any atom is 3.00 e. The summed E-state index contributed by atoms with van der Waals surface area (Å²) in [7, 11) is 0.